The number of benzene rings is 2. The van der Waals surface area contributed by atoms with E-state index in [0.717, 1.165) is 16.8 Å². The molecular formula is C17H15ClFN3. The highest BCUT2D eigenvalue weighted by Crippen LogP contribution is 2.27. The fraction of sp³-hybridized carbons (Fsp3) is 0.176. The Morgan fingerprint density at radius 1 is 1.09 bits per heavy atom. The van der Waals surface area contributed by atoms with Crippen LogP contribution in [0.5, 0.6) is 0 Å². The van der Waals surface area contributed by atoms with Crippen LogP contribution < -0.4 is 0 Å². The number of hydrogen-bond acceptors (Lipinski definition) is 2. The van der Waals surface area contributed by atoms with Gasteiger partial charge in [0.15, 0.2) is 0 Å². The summed E-state index contributed by atoms with van der Waals surface area (Å²) in [6, 6.07) is 13.0. The monoisotopic (exact) mass is 315 g/mol. The van der Waals surface area contributed by atoms with Crippen molar-refractivity contribution in [2.75, 3.05) is 0 Å². The first kappa shape index (κ1) is 14.7. The second-order valence-electron chi connectivity index (χ2n) is 5.23. The van der Waals surface area contributed by atoms with Crippen LogP contribution in [0.4, 0.5) is 4.39 Å². The number of aromatic nitrogens is 3. The van der Waals surface area contributed by atoms with E-state index in [0.29, 0.717) is 16.9 Å². The maximum Gasteiger partial charge on any atom is 0.128 e. The van der Waals surface area contributed by atoms with E-state index in [-0.39, 0.29) is 11.7 Å². The van der Waals surface area contributed by atoms with Gasteiger partial charge >= 0.3 is 0 Å². The maximum absolute atomic E-state index is 13.9. The minimum absolute atomic E-state index is 0.248. The zero-order valence-electron chi connectivity index (χ0n) is 12.3. The van der Waals surface area contributed by atoms with Gasteiger partial charge in [-0.1, -0.05) is 41.1 Å². The lowest BCUT2D eigenvalue weighted by atomic mass is 10.1. The van der Waals surface area contributed by atoms with Crippen molar-refractivity contribution in [1.29, 1.82) is 0 Å². The Morgan fingerprint density at radius 2 is 1.82 bits per heavy atom. The summed E-state index contributed by atoms with van der Waals surface area (Å²) in [7, 11) is 0. The van der Waals surface area contributed by atoms with Gasteiger partial charge in [-0.25, -0.2) is 9.07 Å². The van der Waals surface area contributed by atoms with Crippen LogP contribution in [0.2, 0.25) is 0 Å². The second-order valence-corrected chi connectivity index (χ2v) is 5.50. The van der Waals surface area contributed by atoms with Crippen molar-refractivity contribution < 1.29 is 4.39 Å². The van der Waals surface area contributed by atoms with Gasteiger partial charge < -0.3 is 0 Å². The van der Waals surface area contributed by atoms with Crippen LogP contribution in [-0.2, 0) is 5.88 Å². The molecule has 0 aliphatic heterocycles. The van der Waals surface area contributed by atoms with Gasteiger partial charge in [0.25, 0.3) is 0 Å². The molecule has 0 atom stereocenters. The van der Waals surface area contributed by atoms with E-state index >= 15 is 0 Å². The average molecular weight is 316 g/mol. The summed E-state index contributed by atoms with van der Waals surface area (Å²) >= 11 is 5.98. The van der Waals surface area contributed by atoms with Gasteiger partial charge in [-0.15, -0.1) is 16.7 Å². The number of alkyl halides is 1. The first-order valence-electron chi connectivity index (χ1n) is 6.94. The fourth-order valence-electron chi connectivity index (χ4n) is 2.30. The van der Waals surface area contributed by atoms with Gasteiger partial charge in [-0.3, -0.25) is 0 Å². The quantitative estimate of drug-likeness (QED) is 0.669. The Morgan fingerprint density at radius 3 is 2.45 bits per heavy atom. The highest BCUT2D eigenvalue weighted by molar-refractivity contribution is 6.17. The molecule has 112 valence electrons. The van der Waals surface area contributed by atoms with Gasteiger partial charge in [0.05, 0.1) is 17.3 Å². The van der Waals surface area contributed by atoms with Crippen molar-refractivity contribution in [2.45, 2.75) is 19.7 Å². The van der Waals surface area contributed by atoms with Crippen molar-refractivity contribution in [3.05, 3.63) is 65.1 Å². The Bertz CT molecular complexity index is 809. The topological polar surface area (TPSA) is 30.7 Å². The molecule has 0 spiro atoms. The molecule has 3 nitrogen and oxygen atoms in total. The summed E-state index contributed by atoms with van der Waals surface area (Å²) in [5, 5.41) is 8.26. The molecule has 2 aromatic carbocycles. The molecule has 1 heterocycles. The molecule has 1 aromatic heterocycles. The second kappa shape index (κ2) is 5.89. The highest BCUT2D eigenvalue weighted by atomic mass is 35.5. The minimum atomic E-state index is -0.268. The Hall–Kier alpha value is -2.20. The van der Waals surface area contributed by atoms with Crippen molar-refractivity contribution in [2.24, 2.45) is 0 Å². The largest absolute Gasteiger partial charge is 0.212 e. The zero-order chi connectivity index (χ0) is 15.7. The number of hydrogen-bond donors (Lipinski definition) is 0. The molecule has 0 saturated carbocycles. The van der Waals surface area contributed by atoms with Crippen LogP contribution in [0.25, 0.3) is 16.9 Å². The summed E-state index contributed by atoms with van der Waals surface area (Å²) in [5.41, 5.74) is 4.80. The standard InChI is InChI=1S/C17H15ClFN3/c1-11-3-6-13(7-4-11)17-16(10-18)20-21-22(17)14-8-5-12(2)15(19)9-14/h3-9H,10H2,1-2H3. The van der Waals surface area contributed by atoms with Crippen LogP contribution >= 0.6 is 11.6 Å². The Kier molecular flexibility index (Phi) is 3.94. The molecular weight excluding hydrogens is 301 g/mol. The zero-order valence-corrected chi connectivity index (χ0v) is 13.1. The smallest absolute Gasteiger partial charge is 0.128 e. The van der Waals surface area contributed by atoms with E-state index in [1.54, 1.807) is 17.7 Å². The van der Waals surface area contributed by atoms with Crippen LogP contribution in [0.3, 0.4) is 0 Å². The molecule has 0 aliphatic rings. The third kappa shape index (κ3) is 2.62. The lowest BCUT2D eigenvalue weighted by Crippen LogP contribution is -2.01. The molecule has 0 aliphatic carbocycles. The summed E-state index contributed by atoms with van der Waals surface area (Å²) in [6.07, 6.45) is 0. The molecule has 0 amide bonds. The molecule has 0 fully saturated rings. The fourth-order valence-corrected chi connectivity index (χ4v) is 2.48. The van der Waals surface area contributed by atoms with Crippen molar-refractivity contribution in [1.82, 2.24) is 15.0 Å². The van der Waals surface area contributed by atoms with E-state index in [1.807, 2.05) is 37.3 Å². The summed E-state index contributed by atoms with van der Waals surface area (Å²) in [6.45, 7) is 3.75. The molecule has 3 rings (SSSR count). The highest BCUT2D eigenvalue weighted by Gasteiger charge is 2.16. The van der Waals surface area contributed by atoms with Gasteiger partial charge in [-0.2, -0.15) is 0 Å². The van der Waals surface area contributed by atoms with Gasteiger partial charge in [0.2, 0.25) is 0 Å². The predicted molar refractivity (Wildman–Crippen MR) is 85.8 cm³/mol. The van der Waals surface area contributed by atoms with E-state index < -0.39 is 0 Å². The molecule has 0 unspecified atom stereocenters. The Labute approximate surface area is 133 Å². The van der Waals surface area contributed by atoms with Crippen LogP contribution in [-0.4, -0.2) is 15.0 Å². The van der Waals surface area contributed by atoms with Gasteiger partial charge in [0.1, 0.15) is 11.5 Å². The van der Waals surface area contributed by atoms with Crippen molar-refractivity contribution >= 4 is 11.6 Å². The van der Waals surface area contributed by atoms with Crippen LogP contribution in [0.15, 0.2) is 42.5 Å². The van der Waals surface area contributed by atoms with Gasteiger partial charge in [0, 0.05) is 5.56 Å². The number of aryl methyl sites for hydroxylation is 2. The van der Waals surface area contributed by atoms with Crippen LogP contribution in [0.1, 0.15) is 16.8 Å². The molecule has 22 heavy (non-hydrogen) atoms. The molecule has 3 aromatic rings. The molecule has 0 radical (unpaired) electrons. The van der Waals surface area contributed by atoms with Gasteiger partial charge in [-0.05, 0) is 31.5 Å². The Balaban J connectivity index is 2.18. The van der Waals surface area contributed by atoms with E-state index in [1.165, 1.54) is 6.07 Å². The third-order valence-electron chi connectivity index (χ3n) is 3.59. The molecule has 0 saturated heterocycles. The number of rotatable bonds is 3. The molecule has 0 bridgehead atoms. The number of nitrogens with zero attached hydrogens (tertiary/aromatic N) is 3. The maximum atomic E-state index is 13.9. The summed E-state index contributed by atoms with van der Waals surface area (Å²) in [4.78, 5) is 0. The molecule has 0 N–H and O–H groups in total. The summed E-state index contributed by atoms with van der Waals surface area (Å²) < 4.78 is 15.5. The first-order valence-corrected chi connectivity index (χ1v) is 7.47. The number of halogens is 2. The lowest BCUT2D eigenvalue weighted by Gasteiger charge is -2.09. The lowest BCUT2D eigenvalue weighted by molar-refractivity contribution is 0.615. The van der Waals surface area contributed by atoms with Crippen molar-refractivity contribution in [3.63, 3.8) is 0 Å². The summed E-state index contributed by atoms with van der Waals surface area (Å²) in [5.74, 6) is -0.0207. The predicted octanol–water partition coefficient (Wildman–Crippen LogP) is 4.43. The third-order valence-corrected chi connectivity index (χ3v) is 3.84. The average Bonchev–Trinajstić information content (AvgIpc) is 2.95. The molecule has 5 heteroatoms. The van der Waals surface area contributed by atoms with E-state index in [4.69, 9.17) is 11.6 Å². The van der Waals surface area contributed by atoms with E-state index in [9.17, 15) is 4.39 Å². The van der Waals surface area contributed by atoms with Crippen molar-refractivity contribution in [3.8, 4) is 16.9 Å². The van der Waals surface area contributed by atoms with Crippen LogP contribution in [0, 0.1) is 19.7 Å². The normalized spacial score (nSPS) is 10.9. The minimum Gasteiger partial charge on any atom is -0.212 e. The van der Waals surface area contributed by atoms with E-state index in [2.05, 4.69) is 10.3 Å². The first-order chi connectivity index (χ1) is 10.6. The SMILES string of the molecule is Cc1ccc(-c2c(CCl)nnn2-c2ccc(C)c(F)c2)cc1.